The average Bonchev–Trinajstić information content (AvgIpc) is 2.17. The van der Waals surface area contributed by atoms with Gasteiger partial charge in [-0.3, -0.25) is 10.7 Å². The minimum Gasteiger partial charge on any atom is -0.453 e. The number of allylic oxidation sites excluding steroid dienone is 2. The van der Waals surface area contributed by atoms with Crippen LogP contribution in [0.3, 0.4) is 0 Å². The Labute approximate surface area is 63.8 Å². The van der Waals surface area contributed by atoms with Gasteiger partial charge >= 0.3 is 0 Å². The average molecular weight is 149 g/mol. The van der Waals surface area contributed by atoms with E-state index in [2.05, 4.69) is 9.98 Å². The summed E-state index contributed by atoms with van der Waals surface area (Å²) in [6, 6.07) is 0. The number of nitrogens with two attached hydrogens (primary N) is 1. The van der Waals surface area contributed by atoms with E-state index in [4.69, 9.17) is 10.5 Å². The third-order valence-electron chi connectivity index (χ3n) is 1.40. The highest BCUT2D eigenvalue weighted by molar-refractivity contribution is 6.10. The van der Waals surface area contributed by atoms with Crippen LogP contribution >= 0.6 is 0 Å². The van der Waals surface area contributed by atoms with Crippen LogP contribution in [0.25, 0.3) is 0 Å². The maximum atomic E-state index is 5.42. The predicted molar refractivity (Wildman–Crippen MR) is 42.2 cm³/mol. The third-order valence-corrected chi connectivity index (χ3v) is 1.40. The second-order valence-corrected chi connectivity index (χ2v) is 2.17. The molecule has 0 bridgehead atoms. The molecule has 0 fully saturated rings. The van der Waals surface area contributed by atoms with Crippen LogP contribution < -0.4 is 5.73 Å². The predicted octanol–water partition coefficient (Wildman–Crippen LogP) is 0.182. The van der Waals surface area contributed by atoms with Gasteiger partial charge in [0.1, 0.15) is 5.71 Å². The summed E-state index contributed by atoms with van der Waals surface area (Å²) in [5.41, 5.74) is 6.18. The minimum absolute atomic E-state index is 0.549. The molecule has 11 heavy (non-hydrogen) atoms. The Morgan fingerprint density at radius 2 is 2.45 bits per heavy atom. The van der Waals surface area contributed by atoms with Crippen molar-refractivity contribution in [3.8, 4) is 0 Å². The molecule has 4 heteroatoms. The smallest absolute Gasteiger partial charge is 0.245 e. The first-order valence-corrected chi connectivity index (χ1v) is 3.27. The molecule has 0 aromatic rings. The molecule has 0 aliphatic carbocycles. The Kier molecular flexibility index (Phi) is 1.33. The van der Waals surface area contributed by atoms with Gasteiger partial charge in [-0.15, -0.1) is 0 Å². The summed E-state index contributed by atoms with van der Waals surface area (Å²) in [4.78, 5) is 7.90. The van der Waals surface area contributed by atoms with Crippen LogP contribution in [0, 0.1) is 0 Å². The van der Waals surface area contributed by atoms with Crippen molar-refractivity contribution in [3.63, 3.8) is 0 Å². The second kappa shape index (κ2) is 2.32. The molecule has 0 spiro atoms. The molecule has 1 atom stereocenters. The second-order valence-electron chi connectivity index (χ2n) is 2.17. The number of hydrogen-bond acceptors (Lipinski definition) is 4. The largest absolute Gasteiger partial charge is 0.453 e. The van der Waals surface area contributed by atoms with E-state index < -0.39 is 6.35 Å². The fourth-order valence-electron chi connectivity index (χ4n) is 0.941. The standard InChI is InChI=1S/C7H7N3O/c8-7-10-5-1-3-9-4-2-6(5)11-7/h1-4,7H,8H2. The highest BCUT2D eigenvalue weighted by atomic mass is 16.5. The summed E-state index contributed by atoms with van der Waals surface area (Å²) in [6.07, 6.45) is 6.26. The monoisotopic (exact) mass is 149 g/mol. The molecule has 4 nitrogen and oxygen atoms in total. The lowest BCUT2D eigenvalue weighted by Gasteiger charge is -1.99. The van der Waals surface area contributed by atoms with Crippen molar-refractivity contribution >= 4 is 11.9 Å². The van der Waals surface area contributed by atoms with Gasteiger partial charge in [0.05, 0.1) is 0 Å². The Hall–Kier alpha value is -1.42. The zero-order valence-electron chi connectivity index (χ0n) is 5.77. The Balaban J connectivity index is 2.39. The van der Waals surface area contributed by atoms with Gasteiger partial charge in [0.25, 0.3) is 0 Å². The fourth-order valence-corrected chi connectivity index (χ4v) is 0.941. The maximum absolute atomic E-state index is 5.42. The van der Waals surface area contributed by atoms with E-state index in [0.717, 1.165) is 5.71 Å². The van der Waals surface area contributed by atoms with Crippen molar-refractivity contribution in [2.45, 2.75) is 6.35 Å². The molecule has 0 radical (unpaired) electrons. The highest BCUT2D eigenvalue weighted by Crippen LogP contribution is 2.14. The maximum Gasteiger partial charge on any atom is 0.245 e. The zero-order chi connectivity index (χ0) is 7.68. The molecule has 2 N–H and O–H groups in total. The summed E-state index contributed by atoms with van der Waals surface area (Å²) < 4.78 is 5.14. The number of fused-ring (bicyclic) bond motifs is 1. The summed E-state index contributed by atoms with van der Waals surface area (Å²) in [6.45, 7) is 0. The third kappa shape index (κ3) is 1.08. The van der Waals surface area contributed by atoms with Crippen LogP contribution in [0.2, 0.25) is 0 Å². The van der Waals surface area contributed by atoms with E-state index in [-0.39, 0.29) is 0 Å². The van der Waals surface area contributed by atoms with Crippen LogP contribution in [0.4, 0.5) is 0 Å². The molecule has 2 aliphatic heterocycles. The van der Waals surface area contributed by atoms with Gasteiger partial charge in [-0.1, -0.05) is 0 Å². The van der Waals surface area contributed by atoms with Crippen molar-refractivity contribution in [1.82, 2.24) is 0 Å². The fraction of sp³-hybridized carbons (Fsp3) is 0.143. The lowest BCUT2D eigenvalue weighted by Crippen LogP contribution is -2.15. The number of nitrogens with zero attached hydrogens (tertiary/aromatic N) is 2. The molecule has 0 amide bonds. The van der Waals surface area contributed by atoms with Gasteiger partial charge in [-0.25, -0.2) is 4.99 Å². The summed E-state index contributed by atoms with van der Waals surface area (Å²) in [5, 5.41) is 0. The molecule has 2 heterocycles. The van der Waals surface area contributed by atoms with Gasteiger partial charge in [0, 0.05) is 18.5 Å². The molecule has 2 rings (SSSR count). The summed E-state index contributed by atoms with van der Waals surface area (Å²) in [5.74, 6) is 0.690. The Morgan fingerprint density at radius 3 is 3.36 bits per heavy atom. The first kappa shape index (κ1) is 6.30. The molecular formula is C7H7N3O. The van der Waals surface area contributed by atoms with Gasteiger partial charge in [0.2, 0.25) is 6.35 Å². The Bertz CT molecular complexity index is 288. The number of ether oxygens (including phenoxy) is 1. The number of rotatable bonds is 0. The molecule has 56 valence electrons. The SMILES string of the molecule is NC1N=C2C=CN=CC=C2O1. The lowest BCUT2D eigenvalue weighted by molar-refractivity contribution is 0.163. The molecule has 1 unspecified atom stereocenters. The molecule has 0 saturated heterocycles. The van der Waals surface area contributed by atoms with E-state index in [0.29, 0.717) is 5.76 Å². The van der Waals surface area contributed by atoms with E-state index in [1.807, 2.05) is 0 Å². The van der Waals surface area contributed by atoms with Crippen molar-refractivity contribution in [2.75, 3.05) is 0 Å². The van der Waals surface area contributed by atoms with E-state index >= 15 is 0 Å². The number of aliphatic imine (C=N–C) groups is 2. The molecule has 2 aliphatic rings. The van der Waals surface area contributed by atoms with Gasteiger partial charge in [0.15, 0.2) is 5.76 Å². The van der Waals surface area contributed by atoms with E-state index in [1.165, 1.54) is 0 Å². The molecule has 0 aromatic carbocycles. The van der Waals surface area contributed by atoms with E-state index in [9.17, 15) is 0 Å². The number of hydrogen-bond donors (Lipinski definition) is 1. The molecule has 0 aromatic heterocycles. The van der Waals surface area contributed by atoms with Crippen molar-refractivity contribution in [2.24, 2.45) is 15.7 Å². The quantitative estimate of drug-likeness (QED) is 0.534. The molecular weight excluding hydrogens is 142 g/mol. The van der Waals surface area contributed by atoms with Crippen LogP contribution in [0.5, 0.6) is 0 Å². The van der Waals surface area contributed by atoms with Crippen LogP contribution in [0.1, 0.15) is 0 Å². The van der Waals surface area contributed by atoms with Crippen molar-refractivity contribution in [1.29, 1.82) is 0 Å². The Morgan fingerprint density at radius 1 is 1.55 bits per heavy atom. The van der Waals surface area contributed by atoms with Crippen LogP contribution in [-0.4, -0.2) is 18.3 Å². The zero-order valence-corrected chi connectivity index (χ0v) is 5.77. The van der Waals surface area contributed by atoms with Crippen LogP contribution in [-0.2, 0) is 4.74 Å². The van der Waals surface area contributed by atoms with E-state index in [1.54, 1.807) is 24.6 Å². The van der Waals surface area contributed by atoms with Gasteiger partial charge in [-0.2, -0.15) is 0 Å². The first-order chi connectivity index (χ1) is 5.36. The van der Waals surface area contributed by atoms with Crippen LogP contribution in [0.15, 0.2) is 34.1 Å². The minimum atomic E-state index is -0.549. The first-order valence-electron chi connectivity index (χ1n) is 3.27. The highest BCUT2D eigenvalue weighted by Gasteiger charge is 2.18. The van der Waals surface area contributed by atoms with Crippen molar-refractivity contribution < 1.29 is 4.74 Å². The lowest BCUT2D eigenvalue weighted by atomic mass is 10.3. The normalized spacial score (nSPS) is 26.8. The summed E-state index contributed by atoms with van der Waals surface area (Å²) >= 11 is 0. The molecule has 0 saturated carbocycles. The van der Waals surface area contributed by atoms with Gasteiger partial charge in [-0.05, 0) is 6.08 Å². The topological polar surface area (TPSA) is 60.0 Å². The van der Waals surface area contributed by atoms with Crippen molar-refractivity contribution in [3.05, 3.63) is 24.1 Å². The van der Waals surface area contributed by atoms with Gasteiger partial charge < -0.3 is 4.74 Å². The summed E-state index contributed by atoms with van der Waals surface area (Å²) in [7, 11) is 0.